The predicted octanol–water partition coefficient (Wildman–Crippen LogP) is 8.62. The Balaban J connectivity index is 0.976. The van der Waals surface area contributed by atoms with Crippen LogP contribution < -0.4 is 28.9 Å². The molecule has 5 aromatic rings. The first-order chi connectivity index (χ1) is 29.8. The molecular formula is C51H53N3O7S. The Morgan fingerprint density at radius 2 is 1.39 bits per heavy atom. The van der Waals surface area contributed by atoms with Crippen LogP contribution in [0.25, 0.3) is 0 Å². The molecule has 0 bridgehead atoms. The third-order valence-corrected chi connectivity index (χ3v) is 13.2. The molecule has 0 saturated heterocycles. The average Bonchev–Trinajstić information content (AvgIpc) is 3.78. The van der Waals surface area contributed by atoms with Crippen LogP contribution in [0, 0.1) is 6.92 Å². The molecule has 3 atom stereocenters. The molecule has 0 radical (unpaired) electrons. The van der Waals surface area contributed by atoms with E-state index in [1.807, 2.05) is 105 Å². The van der Waals surface area contributed by atoms with Crippen molar-refractivity contribution >= 4 is 47.4 Å². The zero-order valence-electron chi connectivity index (χ0n) is 35.9. The lowest BCUT2D eigenvalue weighted by atomic mass is 9.96. The molecular weight excluding hydrogens is 799 g/mol. The Morgan fingerprint density at radius 3 is 2.08 bits per heavy atom. The van der Waals surface area contributed by atoms with Gasteiger partial charge in [-0.2, -0.15) is 12.6 Å². The Labute approximate surface area is 368 Å². The lowest BCUT2D eigenvalue weighted by Crippen LogP contribution is -2.43. The summed E-state index contributed by atoms with van der Waals surface area (Å²) < 4.78 is 18.6. The van der Waals surface area contributed by atoms with E-state index in [0.29, 0.717) is 59.7 Å². The highest BCUT2D eigenvalue weighted by Gasteiger charge is 2.42. The van der Waals surface area contributed by atoms with Gasteiger partial charge in [-0.3, -0.25) is 14.4 Å². The number of methoxy groups -OCH3 is 1. The maximum Gasteiger partial charge on any atom is 0.258 e. The molecule has 1 N–H and O–H groups in total. The number of aliphatic hydroxyl groups is 1. The van der Waals surface area contributed by atoms with Gasteiger partial charge >= 0.3 is 0 Å². The van der Waals surface area contributed by atoms with E-state index in [2.05, 4.69) is 18.7 Å². The largest absolute Gasteiger partial charge is 0.493 e. The van der Waals surface area contributed by atoms with Gasteiger partial charge in [0.1, 0.15) is 19.0 Å². The van der Waals surface area contributed by atoms with Crippen LogP contribution in [-0.2, 0) is 43.7 Å². The first-order valence-electron chi connectivity index (χ1n) is 21.5. The molecule has 0 aromatic heterocycles. The average molecular weight is 852 g/mol. The van der Waals surface area contributed by atoms with Crippen LogP contribution in [0.2, 0.25) is 0 Å². The molecule has 5 aromatic carbocycles. The van der Waals surface area contributed by atoms with Crippen LogP contribution in [0.4, 0.5) is 17.1 Å². The molecule has 0 spiro atoms. The van der Waals surface area contributed by atoms with E-state index in [4.69, 9.17) is 14.2 Å². The van der Waals surface area contributed by atoms with Gasteiger partial charge in [-0.15, -0.1) is 0 Å². The fourth-order valence-electron chi connectivity index (χ4n) is 9.58. The summed E-state index contributed by atoms with van der Waals surface area (Å²) in [5.74, 6) is 1.44. The molecule has 320 valence electrons. The number of fused-ring (bicyclic) bond motifs is 8. The van der Waals surface area contributed by atoms with Crippen molar-refractivity contribution in [2.75, 3.05) is 28.9 Å². The summed E-state index contributed by atoms with van der Waals surface area (Å²) in [5, 5.41) is 11.4. The molecule has 11 heteroatoms. The summed E-state index contributed by atoms with van der Waals surface area (Å²) in [5.41, 5.74) is 10.1. The smallest absolute Gasteiger partial charge is 0.258 e. The van der Waals surface area contributed by atoms with Crippen molar-refractivity contribution in [1.82, 2.24) is 0 Å². The van der Waals surface area contributed by atoms with Crippen LogP contribution in [0.5, 0.6) is 17.2 Å². The Morgan fingerprint density at radius 1 is 0.774 bits per heavy atom. The van der Waals surface area contributed by atoms with Crippen molar-refractivity contribution in [2.45, 2.75) is 102 Å². The summed E-state index contributed by atoms with van der Waals surface area (Å²) in [6, 6.07) is 29.2. The molecule has 3 amide bonds. The third-order valence-electron chi connectivity index (χ3n) is 12.9. The van der Waals surface area contributed by atoms with Gasteiger partial charge in [0.15, 0.2) is 11.5 Å². The van der Waals surface area contributed by atoms with Crippen molar-refractivity contribution in [1.29, 1.82) is 0 Å². The van der Waals surface area contributed by atoms with Gasteiger partial charge < -0.3 is 34.0 Å². The monoisotopic (exact) mass is 851 g/mol. The number of thiol groups is 1. The maximum absolute atomic E-state index is 14.1. The van der Waals surface area contributed by atoms with Crippen LogP contribution in [0.15, 0.2) is 91.0 Å². The number of rotatable bonds is 11. The number of nitrogens with zero attached hydrogens (tertiary/aromatic N) is 3. The molecule has 0 saturated carbocycles. The molecule has 9 rings (SSSR count). The van der Waals surface area contributed by atoms with Crippen LogP contribution >= 0.6 is 12.6 Å². The zero-order valence-corrected chi connectivity index (χ0v) is 36.8. The van der Waals surface area contributed by atoms with E-state index >= 15 is 0 Å². The number of benzene rings is 5. The quantitative estimate of drug-likeness (QED) is 0.128. The lowest BCUT2D eigenvalue weighted by Gasteiger charge is -2.26. The summed E-state index contributed by atoms with van der Waals surface area (Å²) in [4.78, 5) is 47.0. The number of ether oxygens (including phenoxy) is 3. The Bertz CT molecular complexity index is 2600. The van der Waals surface area contributed by atoms with Crippen LogP contribution in [0.1, 0.15) is 92.8 Å². The fraction of sp³-hybridized carbons (Fsp3) is 0.353. The molecule has 1 unspecified atom stereocenters. The van der Waals surface area contributed by atoms with Crippen molar-refractivity contribution in [3.63, 3.8) is 0 Å². The van der Waals surface area contributed by atoms with E-state index in [1.54, 1.807) is 30.0 Å². The van der Waals surface area contributed by atoms with Crippen molar-refractivity contribution < 1.29 is 33.7 Å². The van der Waals surface area contributed by atoms with Gasteiger partial charge in [0, 0.05) is 58.9 Å². The maximum atomic E-state index is 14.1. The van der Waals surface area contributed by atoms with Gasteiger partial charge in [0.05, 0.1) is 19.3 Å². The van der Waals surface area contributed by atoms with E-state index in [-0.39, 0.29) is 47.8 Å². The molecule has 0 fully saturated rings. The molecule has 62 heavy (non-hydrogen) atoms. The van der Waals surface area contributed by atoms with E-state index in [0.717, 1.165) is 64.0 Å². The van der Waals surface area contributed by atoms with E-state index < -0.39 is 6.10 Å². The number of carbonyl (C=O) groups excluding carboxylic acids is 3. The Hall–Kier alpha value is -5.78. The van der Waals surface area contributed by atoms with Gasteiger partial charge in [-0.1, -0.05) is 50.2 Å². The molecule has 4 heterocycles. The van der Waals surface area contributed by atoms with Gasteiger partial charge in [0.25, 0.3) is 11.8 Å². The van der Waals surface area contributed by atoms with Crippen LogP contribution in [-0.4, -0.2) is 59.9 Å². The minimum atomic E-state index is -0.739. The molecule has 4 aliphatic rings. The standard InChI is InChI=1S/C51H53N3O7S/c1-30-18-39-36(24-44(55)43-23-35-11-7-9-13-42(35)54(43)50(39)58)26-45(30)60-28-31-19-32(21-38(20-31)52(4)48(56)16-17-51(2,3)62)29-61-47-25-33-14-15-37-22-34-10-6-8-12-41(34)53(37)49(57)40(33)27-46(47)59-5/h6-13,18-21,25-27,37,43-44,55,62H,14-17,22-24,28-29H2,1-5H3/t37-,43+,44?/m1/s1. The highest BCUT2D eigenvalue weighted by molar-refractivity contribution is 7.81. The first kappa shape index (κ1) is 41.6. The predicted molar refractivity (Wildman–Crippen MR) is 245 cm³/mol. The number of para-hydroxylation sites is 2. The second-order valence-corrected chi connectivity index (χ2v) is 19.0. The normalized spacial score (nSPS) is 18.7. The summed E-state index contributed by atoms with van der Waals surface area (Å²) in [6.45, 7) is 6.26. The zero-order chi connectivity index (χ0) is 43.4. The lowest BCUT2D eigenvalue weighted by molar-refractivity contribution is -0.118. The second-order valence-electron chi connectivity index (χ2n) is 17.8. The number of hydrogen-bond acceptors (Lipinski definition) is 8. The number of aryl methyl sites for hydroxylation is 2. The number of anilines is 3. The first-order valence-corrected chi connectivity index (χ1v) is 21.9. The Kier molecular flexibility index (Phi) is 11.1. The number of aliphatic hydroxyl groups excluding tert-OH is 1. The minimum Gasteiger partial charge on any atom is -0.493 e. The van der Waals surface area contributed by atoms with Gasteiger partial charge in [0.2, 0.25) is 5.91 Å². The highest BCUT2D eigenvalue weighted by atomic mass is 32.1. The van der Waals surface area contributed by atoms with E-state index in [1.165, 1.54) is 5.56 Å². The molecule has 4 aliphatic heterocycles. The van der Waals surface area contributed by atoms with Crippen molar-refractivity contribution in [3.05, 3.63) is 141 Å². The minimum absolute atomic E-state index is 0.0257. The van der Waals surface area contributed by atoms with Gasteiger partial charge in [-0.25, -0.2) is 0 Å². The summed E-state index contributed by atoms with van der Waals surface area (Å²) >= 11 is 4.64. The highest BCUT2D eigenvalue weighted by Crippen LogP contribution is 2.42. The number of hydrogen-bond donors (Lipinski definition) is 2. The fourth-order valence-corrected chi connectivity index (χ4v) is 9.69. The third kappa shape index (κ3) is 7.92. The molecule has 10 nitrogen and oxygen atoms in total. The van der Waals surface area contributed by atoms with Crippen molar-refractivity contribution in [2.24, 2.45) is 0 Å². The summed E-state index contributed by atoms with van der Waals surface area (Å²) in [6.07, 6.45) is 3.55. The molecule has 0 aliphatic carbocycles. The number of carbonyl (C=O) groups is 3. The number of amides is 3. The van der Waals surface area contributed by atoms with Crippen molar-refractivity contribution in [3.8, 4) is 17.2 Å². The van der Waals surface area contributed by atoms with Gasteiger partial charge in [-0.05, 0) is 133 Å². The topological polar surface area (TPSA) is 109 Å². The SMILES string of the molecule is COc1cc2c(cc1OCc1cc(COc3cc4c(cc3C)C(=O)N3c5ccccc5C[C@H]3C(O)C4)cc(N(C)C(=O)CCC(C)(C)S)c1)CC[C@@H]1Cc3ccccc3N1C2=O. The van der Waals surface area contributed by atoms with Crippen LogP contribution in [0.3, 0.4) is 0 Å². The summed E-state index contributed by atoms with van der Waals surface area (Å²) in [7, 11) is 3.35. The second kappa shape index (κ2) is 16.5. The van der Waals surface area contributed by atoms with E-state index in [9.17, 15) is 19.5 Å².